The number of rotatable bonds is 6. The number of hydrogen-bond acceptors (Lipinski definition) is 3. The number of likely N-dealkylation sites (tertiary alicyclic amines) is 1. The number of Topliss-reactive ketones (excluding diaryl/α,β-unsaturated/α-hetero) is 1. The minimum absolute atomic E-state index is 0.105. The highest BCUT2D eigenvalue weighted by molar-refractivity contribution is 5.95. The van der Waals surface area contributed by atoms with Crippen molar-refractivity contribution in [3.63, 3.8) is 0 Å². The minimum atomic E-state index is 0.105. The number of carbonyl (C=O) groups excluding carboxylic acids is 2. The lowest BCUT2D eigenvalue weighted by Crippen LogP contribution is -2.42. The SMILES string of the molecule is CNC(=O)C1CCCN(CCCC(=O)c2ccccc2)C1. The predicted octanol–water partition coefficient (Wildman–Crippen LogP) is 2.11. The Morgan fingerprint density at radius 2 is 2.05 bits per heavy atom. The maximum atomic E-state index is 12.0. The Kier molecular flexibility index (Phi) is 5.93. The first-order valence-corrected chi connectivity index (χ1v) is 7.73. The lowest BCUT2D eigenvalue weighted by Gasteiger charge is -2.31. The highest BCUT2D eigenvalue weighted by Crippen LogP contribution is 2.17. The van der Waals surface area contributed by atoms with E-state index in [2.05, 4.69) is 10.2 Å². The first-order valence-electron chi connectivity index (χ1n) is 7.73. The minimum Gasteiger partial charge on any atom is -0.359 e. The van der Waals surface area contributed by atoms with Crippen LogP contribution in [0.4, 0.5) is 0 Å². The molecule has 1 aliphatic rings. The monoisotopic (exact) mass is 288 g/mol. The maximum Gasteiger partial charge on any atom is 0.224 e. The van der Waals surface area contributed by atoms with E-state index < -0.39 is 0 Å². The molecule has 1 atom stereocenters. The van der Waals surface area contributed by atoms with E-state index in [1.54, 1.807) is 7.05 Å². The van der Waals surface area contributed by atoms with Gasteiger partial charge in [-0.15, -0.1) is 0 Å². The lowest BCUT2D eigenvalue weighted by molar-refractivity contribution is -0.126. The molecule has 0 bridgehead atoms. The fourth-order valence-corrected chi connectivity index (χ4v) is 2.91. The summed E-state index contributed by atoms with van der Waals surface area (Å²) in [5, 5.41) is 2.73. The van der Waals surface area contributed by atoms with E-state index >= 15 is 0 Å². The molecule has 1 unspecified atom stereocenters. The first-order chi connectivity index (χ1) is 10.2. The number of benzene rings is 1. The third-order valence-corrected chi connectivity index (χ3v) is 4.10. The molecule has 1 aromatic carbocycles. The van der Waals surface area contributed by atoms with Crippen LogP contribution in [0.15, 0.2) is 30.3 Å². The van der Waals surface area contributed by atoms with Crippen LogP contribution in [0.5, 0.6) is 0 Å². The highest BCUT2D eigenvalue weighted by Gasteiger charge is 2.24. The van der Waals surface area contributed by atoms with Crippen molar-refractivity contribution in [1.82, 2.24) is 10.2 Å². The summed E-state index contributed by atoms with van der Waals surface area (Å²) in [6.45, 7) is 2.75. The van der Waals surface area contributed by atoms with Crippen molar-refractivity contribution >= 4 is 11.7 Å². The molecule has 21 heavy (non-hydrogen) atoms. The Morgan fingerprint density at radius 1 is 1.29 bits per heavy atom. The number of carbonyl (C=O) groups is 2. The van der Waals surface area contributed by atoms with E-state index in [9.17, 15) is 9.59 Å². The molecule has 1 saturated heterocycles. The summed E-state index contributed by atoms with van der Waals surface area (Å²) in [4.78, 5) is 26.0. The van der Waals surface area contributed by atoms with Gasteiger partial charge < -0.3 is 10.2 Å². The van der Waals surface area contributed by atoms with Crippen LogP contribution in [0.3, 0.4) is 0 Å². The third-order valence-electron chi connectivity index (χ3n) is 4.10. The topological polar surface area (TPSA) is 49.4 Å². The number of nitrogens with one attached hydrogen (secondary N) is 1. The summed E-state index contributed by atoms with van der Waals surface area (Å²) in [6.07, 6.45) is 3.46. The summed E-state index contributed by atoms with van der Waals surface area (Å²) in [7, 11) is 1.69. The van der Waals surface area contributed by atoms with Crippen molar-refractivity contribution in [2.75, 3.05) is 26.7 Å². The lowest BCUT2D eigenvalue weighted by atomic mass is 9.97. The van der Waals surface area contributed by atoms with Gasteiger partial charge in [0.15, 0.2) is 5.78 Å². The molecular weight excluding hydrogens is 264 g/mol. The van der Waals surface area contributed by atoms with Crippen LogP contribution in [-0.4, -0.2) is 43.3 Å². The molecule has 4 nitrogen and oxygen atoms in total. The average molecular weight is 288 g/mol. The smallest absolute Gasteiger partial charge is 0.224 e. The summed E-state index contributed by atoms with van der Waals surface area (Å²) in [6, 6.07) is 9.44. The summed E-state index contributed by atoms with van der Waals surface area (Å²) >= 11 is 0. The van der Waals surface area contributed by atoms with Gasteiger partial charge in [-0.2, -0.15) is 0 Å². The normalized spacial score (nSPS) is 19.2. The largest absolute Gasteiger partial charge is 0.359 e. The molecule has 1 amide bonds. The van der Waals surface area contributed by atoms with E-state index in [0.29, 0.717) is 6.42 Å². The Bertz CT molecular complexity index is 473. The molecule has 1 aliphatic heterocycles. The van der Waals surface area contributed by atoms with Crippen molar-refractivity contribution in [3.8, 4) is 0 Å². The summed E-state index contributed by atoms with van der Waals surface area (Å²) in [5.41, 5.74) is 0.791. The van der Waals surface area contributed by atoms with Crippen LogP contribution in [0.2, 0.25) is 0 Å². The van der Waals surface area contributed by atoms with Gasteiger partial charge in [0.2, 0.25) is 5.91 Å². The zero-order valence-electron chi connectivity index (χ0n) is 12.7. The van der Waals surface area contributed by atoms with Crippen molar-refractivity contribution in [2.45, 2.75) is 25.7 Å². The molecule has 0 aromatic heterocycles. The van der Waals surface area contributed by atoms with Gasteiger partial charge in [0, 0.05) is 25.6 Å². The van der Waals surface area contributed by atoms with Gasteiger partial charge in [0.25, 0.3) is 0 Å². The van der Waals surface area contributed by atoms with Crippen LogP contribution in [0, 0.1) is 5.92 Å². The molecule has 0 saturated carbocycles. The van der Waals surface area contributed by atoms with Crippen molar-refractivity contribution in [2.24, 2.45) is 5.92 Å². The predicted molar refractivity (Wildman–Crippen MR) is 83.2 cm³/mol. The molecule has 0 aliphatic carbocycles. The fourth-order valence-electron chi connectivity index (χ4n) is 2.91. The number of hydrogen-bond donors (Lipinski definition) is 1. The average Bonchev–Trinajstić information content (AvgIpc) is 2.55. The van der Waals surface area contributed by atoms with Crippen LogP contribution >= 0.6 is 0 Å². The van der Waals surface area contributed by atoms with Gasteiger partial charge in [0.1, 0.15) is 0 Å². The Hall–Kier alpha value is -1.68. The zero-order valence-corrected chi connectivity index (χ0v) is 12.7. The Balaban J connectivity index is 1.73. The number of amides is 1. The van der Waals surface area contributed by atoms with E-state index in [4.69, 9.17) is 0 Å². The van der Waals surface area contributed by atoms with Gasteiger partial charge in [-0.3, -0.25) is 9.59 Å². The first kappa shape index (κ1) is 15.7. The molecule has 1 aromatic rings. The second-order valence-corrected chi connectivity index (χ2v) is 5.65. The molecular formula is C17H24N2O2. The van der Waals surface area contributed by atoms with E-state index in [1.807, 2.05) is 30.3 Å². The van der Waals surface area contributed by atoms with Gasteiger partial charge in [0.05, 0.1) is 5.92 Å². The quantitative estimate of drug-likeness (QED) is 0.816. The molecule has 0 spiro atoms. The highest BCUT2D eigenvalue weighted by atomic mass is 16.1. The van der Waals surface area contributed by atoms with Crippen molar-refractivity contribution in [1.29, 1.82) is 0 Å². The molecule has 0 radical (unpaired) electrons. The van der Waals surface area contributed by atoms with E-state index in [1.165, 1.54) is 0 Å². The second-order valence-electron chi connectivity index (χ2n) is 5.65. The molecule has 114 valence electrons. The number of piperidine rings is 1. The maximum absolute atomic E-state index is 12.0. The van der Waals surface area contributed by atoms with Gasteiger partial charge in [-0.25, -0.2) is 0 Å². The molecule has 1 heterocycles. The summed E-state index contributed by atoms with van der Waals surface area (Å²) < 4.78 is 0. The van der Waals surface area contributed by atoms with Crippen molar-refractivity contribution < 1.29 is 9.59 Å². The zero-order chi connectivity index (χ0) is 15.1. The van der Waals surface area contributed by atoms with Crippen LogP contribution < -0.4 is 5.32 Å². The standard InChI is InChI=1S/C17H24N2O2/c1-18-17(21)15-9-5-11-19(13-15)12-6-10-16(20)14-7-3-2-4-8-14/h2-4,7-8,15H,5-6,9-13H2,1H3,(H,18,21). The second kappa shape index (κ2) is 7.93. The van der Waals surface area contributed by atoms with E-state index in [0.717, 1.165) is 44.5 Å². The molecule has 2 rings (SSSR count). The van der Waals surface area contributed by atoms with Gasteiger partial charge in [-0.1, -0.05) is 30.3 Å². The fraction of sp³-hybridized carbons (Fsp3) is 0.529. The van der Waals surface area contributed by atoms with Crippen LogP contribution in [0.1, 0.15) is 36.0 Å². The number of nitrogens with zero attached hydrogens (tertiary/aromatic N) is 1. The molecule has 4 heteroatoms. The molecule has 1 N–H and O–H groups in total. The van der Waals surface area contributed by atoms with Gasteiger partial charge >= 0.3 is 0 Å². The number of ketones is 1. The van der Waals surface area contributed by atoms with E-state index in [-0.39, 0.29) is 17.6 Å². The summed E-state index contributed by atoms with van der Waals surface area (Å²) in [5.74, 6) is 0.448. The van der Waals surface area contributed by atoms with Gasteiger partial charge in [-0.05, 0) is 32.4 Å². The van der Waals surface area contributed by atoms with Crippen LogP contribution in [0.25, 0.3) is 0 Å². The third kappa shape index (κ3) is 4.67. The Morgan fingerprint density at radius 3 is 2.76 bits per heavy atom. The van der Waals surface area contributed by atoms with Crippen LogP contribution in [-0.2, 0) is 4.79 Å². The van der Waals surface area contributed by atoms with Crippen molar-refractivity contribution in [3.05, 3.63) is 35.9 Å². The molecule has 1 fully saturated rings. The Labute approximate surface area is 126 Å².